The lowest BCUT2D eigenvalue weighted by Gasteiger charge is -2.36. The Kier molecular flexibility index (Phi) is 9.81. The molecule has 1 aromatic rings. The molecule has 0 bridgehead atoms. The molecule has 2 saturated heterocycles. The van der Waals surface area contributed by atoms with Gasteiger partial charge in [0.2, 0.25) is 0 Å². The van der Waals surface area contributed by atoms with Crippen LogP contribution in [0.1, 0.15) is 31.7 Å². The largest absolute Gasteiger partial charge is 0.401 e. The number of hydrogen-bond donors (Lipinski definition) is 2. The fourth-order valence-electron chi connectivity index (χ4n) is 4.20. The van der Waals surface area contributed by atoms with Crippen LogP contribution in [-0.4, -0.2) is 69.0 Å². The van der Waals surface area contributed by atoms with Crippen molar-refractivity contribution in [3.8, 4) is 0 Å². The minimum Gasteiger partial charge on any atom is -0.381 e. The van der Waals surface area contributed by atoms with E-state index in [1.165, 1.54) is 17.0 Å². The topological polar surface area (TPSA) is 48.9 Å². The van der Waals surface area contributed by atoms with Crippen LogP contribution in [-0.2, 0) is 10.2 Å². The number of alkyl halides is 3. The molecule has 1 aromatic carbocycles. The van der Waals surface area contributed by atoms with Gasteiger partial charge in [-0.2, -0.15) is 13.2 Å². The van der Waals surface area contributed by atoms with E-state index in [4.69, 9.17) is 9.73 Å². The Bertz CT molecular complexity index is 708. The number of guanidine groups is 1. The van der Waals surface area contributed by atoms with E-state index < -0.39 is 12.7 Å². The van der Waals surface area contributed by atoms with Crippen molar-refractivity contribution in [2.75, 3.05) is 45.9 Å². The van der Waals surface area contributed by atoms with Crippen molar-refractivity contribution in [1.29, 1.82) is 0 Å². The fraction of sp³-hybridized carbons (Fsp3) is 0.667. The van der Waals surface area contributed by atoms with Crippen LogP contribution in [0.2, 0.25) is 0 Å². The van der Waals surface area contributed by atoms with Gasteiger partial charge in [-0.3, -0.25) is 9.89 Å². The highest BCUT2D eigenvalue weighted by molar-refractivity contribution is 14.0. The molecule has 1 atom stereocenters. The molecule has 0 radical (unpaired) electrons. The third-order valence-electron chi connectivity index (χ3n) is 5.81. The summed E-state index contributed by atoms with van der Waals surface area (Å²) in [5.74, 6) is 0.327. The second kappa shape index (κ2) is 11.6. The molecule has 2 aliphatic rings. The van der Waals surface area contributed by atoms with Gasteiger partial charge in [-0.05, 0) is 43.9 Å². The molecule has 0 aliphatic carbocycles. The van der Waals surface area contributed by atoms with Crippen molar-refractivity contribution in [3.05, 3.63) is 35.6 Å². The zero-order valence-corrected chi connectivity index (χ0v) is 20.0. The highest BCUT2D eigenvalue weighted by Crippen LogP contribution is 2.35. The zero-order chi connectivity index (χ0) is 21.6. The van der Waals surface area contributed by atoms with E-state index in [2.05, 4.69) is 10.6 Å². The minimum atomic E-state index is -4.18. The first-order valence-electron chi connectivity index (χ1n) is 10.5. The lowest BCUT2D eigenvalue weighted by molar-refractivity contribution is -0.143. The molecule has 2 heterocycles. The van der Waals surface area contributed by atoms with E-state index in [0.717, 1.165) is 18.4 Å². The molecule has 0 saturated carbocycles. The Labute approximate surface area is 198 Å². The lowest BCUT2D eigenvalue weighted by Crippen LogP contribution is -2.46. The summed E-state index contributed by atoms with van der Waals surface area (Å²) in [4.78, 5) is 6.19. The van der Waals surface area contributed by atoms with E-state index in [1.54, 1.807) is 0 Å². The second-order valence-corrected chi connectivity index (χ2v) is 8.07. The first-order valence-corrected chi connectivity index (χ1v) is 10.5. The first kappa shape index (κ1) is 26.1. The molecular formula is C21H31F4IN4O. The summed E-state index contributed by atoms with van der Waals surface area (Å²) >= 11 is 0. The summed E-state index contributed by atoms with van der Waals surface area (Å²) in [5.41, 5.74) is 0.788. The average molecular weight is 558 g/mol. The van der Waals surface area contributed by atoms with Crippen LogP contribution in [0.25, 0.3) is 0 Å². The number of rotatable bonds is 6. The van der Waals surface area contributed by atoms with Crippen molar-refractivity contribution < 1.29 is 22.3 Å². The van der Waals surface area contributed by atoms with Gasteiger partial charge in [-0.1, -0.05) is 12.1 Å². The van der Waals surface area contributed by atoms with E-state index in [-0.39, 0.29) is 41.3 Å². The predicted octanol–water partition coefficient (Wildman–Crippen LogP) is 3.68. The Balaban J connectivity index is 0.00000341. The number of hydrogen-bond acceptors (Lipinski definition) is 3. The molecule has 0 aromatic heterocycles. The maximum Gasteiger partial charge on any atom is 0.401 e. The number of aliphatic imine (C=N–C) groups is 1. The number of benzene rings is 1. The van der Waals surface area contributed by atoms with Crippen molar-refractivity contribution in [2.45, 2.75) is 43.8 Å². The average Bonchev–Trinajstić information content (AvgIpc) is 3.12. The van der Waals surface area contributed by atoms with Crippen LogP contribution in [0.15, 0.2) is 29.3 Å². The molecule has 1 unspecified atom stereocenters. The molecule has 0 amide bonds. The maximum atomic E-state index is 13.4. The SMILES string of the molecule is CCNC(=NCC1(c2ccc(F)cc2)CCOCC1)NC1CCN(CC(F)(F)F)C1.I. The number of likely N-dealkylation sites (tertiary alicyclic amines) is 1. The van der Waals surface area contributed by atoms with Gasteiger partial charge in [0.05, 0.1) is 13.1 Å². The molecule has 2 N–H and O–H groups in total. The molecule has 0 spiro atoms. The molecule has 5 nitrogen and oxygen atoms in total. The number of ether oxygens (including phenoxy) is 1. The summed E-state index contributed by atoms with van der Waals surface area (Å²) in [6.45, 7) is 4.19. The maximum absolute atomic E-state index is 13.4. The molecule has 3 rings (SSSR count). The van der Waals surface area contributed by atoms with E-state index >= 15 is 0 Å². The molecule has 2 aliphatic heterocycles. The van der Waals surface area contributed by atoms with Crippen LogP contribution in [0.4, 0.5) is 17.6 Å². The highest BCUT2D eigenvalue weighted by Gasteiger charge is 2.36. The van der Waals surface area contributed by atoms with E-state index in [9.17, 15) is 17.6 Å². The van der Waals surface area contributed by atoms with Gasteiger partial charge >= 0.3 is 6.18 Å². The van der Waals surface area contributed by atoms with Gasteiger partial charge in [-0.25, -0.2) is 4.39 Å². The normalized spacial score (nSPS) is 22.1. The zero-order valence-electron chi connectivity index (χ0n) is 17.7. The second-order valence-electron chi connectivity index (χ2n) is 8.07. The van der Waals surface area contributed by atoms with Gasteiger partial charge < -0.3 is 15.4 Å². The summed E-state index contributed by atoms with van der Waals surface area (Å²) in [6, 6.07) is 6.47. The van der Waals surface area contributed by atoms with Crippen LogP contribution in [0.3, 0.4) is 0 Å². The fourth-order valence-corrected chi connectivity index (χ4v) is 4.20. The molecular weight excluding hydrogens is 527 g/mol. The smallest absolute Gasteiger partial charge is 0.381 e. The number of halogens is 5. The van der Waals surface area contributed by atoms with Gasteiger partial charge in [0.1, 0.15) is 5.82 Å². The third kappa shape index (κ3) is 7.74. The van der Waals surface area contributed by atoms with Gasteiger partial charge in [0, 0.05) is 44.3 Å². The lowest BCUT2D eigenvalue weighted by atomic mass is 9.74. The quantitative estimate of drug-likeness (QED) is 0.242. The Morgan fingerprint density at radius 3 is 2.52 bits per heavy atom. The molecule has 2 fully saturated rings. The molecule has 31 heavy (non-hydrogen) atoms. The van der Waals surface area contributed by atoms with E-state index in [1.807, 2.05) is 19.1 Å². The predicted molar refractivity (Wildman–Crippen MR) is 124 cm³/mol. The molecule has 176 valence electrons. The van der Waals surface area contributed by atoms with Gasteiger partial charge in [0.15, 0.2) is 5.96 Å². The molecule has 10 heteroatoms. The summed E-state index contributed by atoms with van der Waals surface area (Å²) in [5, 5.41) is 6.49. The number of nitrogens with one attached hydrogen (secondary N) is 2. The Morgan fingerprint density at radius 2 is 1.90 bits per heavy atom. The van der Waals surface area contributed by atoms with Gasteiger partial charge in [0.25, 0.3) is 0 Å². The Morgan fingerprint density at radius 1 is 1.23 bits per heavy atom. The van der Waals surface area contributed by atoms with E-state index in [0.29, 0.717) is 51.8 Å². The van der Waals surface area contributed by atoms with Gasteiger partial charge in [-0.15, -0.1) is 24.0 Å². The van der Waals surface area contributed by atoms with Crippen molar-refractivity contribution in [1.82, 2.24) is 15.5 Å². The summed E-state index contributed by atoms with van der Waals surface area (Å²) < 4.78 is 56.9. The van der Waals surface area contributed by atoms with Crippen molar-refractivity contribution in [3.63, 3.8) is 0 Å². The van der Waals surface area contributed by atoms with Crippen LogP contribution in [0.5, 0.6) is 0 Å². The highest BCUT2D eigenvalue weighted by atomic mass is 127. The summed E-state index contributed by atoms with van der Waals surface area (Å²) in [6.07, 6.45) is -1.98. The number of nitrogens with zero attached hydrogens (tertiary/aromatic N) is 2. The standard InChI is InChI=1S/C21H30F4N4O.HI/c1-2-26-19(28-18-7-10-29(13-18)15-21(23,24)25)27-14-20(8-11-30-12-9-20)16-3-5-17(22)6-4-16;/h3-6,18H,2,7-15H2,1H3,(H2,26,27,28);1H. The summed E-state index contributed by atoms with van der Waals surface area (Å²) in [7, 11) is 0. The van der Waals surface area contributed by atoms with Crippen molar-refractivity contribution in [2.24, 2.45) is 4.99 Å². The first-order chi connectivity index (χ1) is 14.3. The Hall–Kier alpha value is -1.14. The van der Waals surface area contributed by atoms with Crippen LogP contribution < -0.4 is 10.6 Å². The van der Waals surface area contributed by atoms with Crippen LogP contribution >= 0.6 is 24.0 Å². The van der Waals surface area contributed by atoms with Crippen molar-refractivity contribution >= 4 is 29.9 Å². The monoisotopic (exact) mass is 558 g/mol. The van der Waals surface area contributed by atoms with Crippen LogP contribution in [0, 0.1) is 5.82 Å². The third-order valence-corrected chi connectivity index (χ3v) is 5.81. The minimum absolute atomic E-state index is 0.